The molecule has 2 aromatic carbocycles. The Bertz CT molecular complexity index is 1230. The monoisotopic (exact) mass is 468 g/mol. The van der Waals surface area contributed by atoms with Crippen molar-refractivity contribution in [2.75, 3.05) is 19.7 Å². The largest absolute Gasteiger partial charge is 0.396 e. The van der Waals surface area contributed by atoms with E-state index in [1.165, 1.54) is 0 Å². The van der Waals surface area contributed by atoms with Gasteiger partial charge in [0.15, 0.2) is 9.84 Å². The molecular formula is C25H28N2O5S. The number of amides is 1. The van der Waals surface area contributed by atoms with Crippen LogP contribution in [0.3, 0.4) is 0 Å². The number of likely N-dealkylation sites (tertiary alicyclic amines) is 1. The summed E-state index contributed by atoms with van der Waals surface area (Å²) in [6, 6.07) is 15.4. The Kier molecular flexibility index (Phi) is 6.78. The summed E-state index contributed by atoms with van der Waals surface area (Å²) < 4.78 is 26.1. The average Bonchev–Trinajstić information content (AvgIpc) is 2.83. The Morgan fingerprint density at radius 3 is 2.42 bits per heavy atom. The maximum Gasteiger partial charge on any atom is 0.253 e. The molecule has 174 valence electrons. The smallest absolute Gasteiger partial charge is 0.253 e. The molecule has 8 heteroatoms. The van der Waals surface area contributed by atoms with Gasteiger partial charge in [-0.3, -0.25) is 9.78 Å². The molecule has 0 atom stereocenters. The van der Waals surface area contributed by atoms with E-state index >= 15 is 0 Å². The van der Waals surface area contributed by atoms with E-state index in [0.717, 1.165) is 5.39 Å². The number of benzene rings is 2. The van der Waals surface area contributed by atoms with Gasteiger partial charge in [-0.1, -0.05) is 30.3 Å². The van der Waals surface area contributed by atoms with Crippen LogP contribution in [0.1, 0.15) is 41.6 Å². The molecule has 1 amide bonds. The van der Waals surface area contributed by atoms with Gasteiger partial charge in [0.25, 0.3) is 5.91 Å². The number of aromatic nitrogens is 1. The van der Waals surface area contributed by atoms with Crippen LogP contribution >= 0.6 is 0 Å². The third-order valence-electron chi connectivity index (χ3n) is 6.27. The lowest BCUT2D eigenvalue weighted by Crippen LogP contribution is -2.46. The van der Waals surface area contributed by atoms with Crippen molar-refractivity contribution in [3.63, 3.8) is 0 Å². The molecule has 2 heterocycles. The normalized spacial score (nSPS) is 16.1. The summed E-state index contributed by atoms with van der Waals surface area (Å²) in [6.07, 6.45) is 3.61. The Balaban J connectivity index is 1.44. The molecule has 1 saturated heterocycles. The van der Waals surface area contributed by atoms with Crippen LogP contribution in [-0.2, 0) is 15.6 Å². The number of aliphatic hydroxyl groups is 2. The van der Waals surface area contributed by atoms with Crippen LogP contribution in [0.4, 0.5) is 0 Å². The Morgan fingerprint density at radius 2 is 1.73 bits per heavy atom. The molecule has 0 bridgehead atoms. The molecule has 1 aromatic heterocycles. The van der Waals surface area contributed by atoms with Crippen molar-refractivity contribution in [2.24, 2.45) is 0 Å². The highest BCUT2D eigenvalue weighted by Gasteiger charge is 2.33. The number of piperidine rings is 1. The highest BCUT2D eigenvalue weighted by atomic mass is 32.2. The van der Waals surface area contributed by atoms with Gasteiger partial charge in [0.05, 0.1) is 21.8 Å². The van der Waals surface area contributed by atoms with Gasteiger partial charge in [0.2, 0.25) is 0 Å². The van der Waals surface area contributed by atoms with Crippen LogP contribution in [0.2, 0.25) is 0 Å². The number of hydrogen-bond acceptors (Lipinski definition) is 6. The summed E-state index contributed by atoms with van der Waals surface area (Å²) >= 11 is 0. The van der Waals surface area contributed by atoms with E-state index in [2.05, 4.69) is 4.98 Å². The number of carbonyl (C=O) groups excluding carboxylic acids is 1. The van der Waals surface area contributed by atoms with Crippen LogP contribution < -0.4 is 0 Å². The molecule has 0 radical (unpaired) electrons. The lowest BCUT2D eigenvalue weighted by Gasteiger charge is -2.38. The van der Waals surface area contributed by atoms with E-state index in [1.54, 1.807) is 53.6 Å². The molecule has 3 aromatic rings. The number of carbonyl (C=O) groups is 1. The zero-order valence-electron chi connectivity index (χ0n) is 18.4. The van der Waals surface area contributed by atoms with E-state index in [0.29, 0.717) is 55.4 Å². The van der Waals surface area contributed by atoms with Crippen molar-refractivity contribution in [2.45, 2.75) is 41.9 Å². The summed E-state index contributed by atoms with van der Waals surface area (Å²) in [7, 11) is -3.62. The topological polar surface area (TPSA) is 108 Å². The summed E-state index contributed by atoms with van der Waals surface area (Å²) in [5.41, 5.74) is 0.713. The number of nitrogens with zero attached hydrogens (tertiary/aromatic N) is 2. The third-order valence-corrected chi connectivity index (χ3v) is 7.98. The van der Waals surface area contributed by atoms with Gasteiger partial charge >= 0.3 is 0 Å². The summed E-state index contributed by atoms with van der Waals surface area (Å²) in [5, 5.41) is 20.3. The van der Waals surface area contributed by atoms with Crippen LogP contribution in [-0.4, -0.2) is 59.7 Å². The molecular weight excluding hydrogens is 440 g/mol. The highest BCUT2D eigenvalue weighted by molar-refractivity contribution is 7.90. The van der Waals surface area contributed by atoms with Crippen molar-refractivity contribution in [3.05, 3.63) is 71.9 Å². The predicted octanol–water partition coefficient (Wildman–Crippen LogP) is 2.95. The van der Waals surface area contributed by atoms with Gasteiger partial charge in [0, 0.05) is 36.8 Å². The van der Waals surface area contributed by atoms with Crippen LogP contribution in [0.15, 0.2) is 65.7 Å². The molecule has 0 unspecified atom stereocenters. The molecule has 33 heavy (non-hydrogen) atoms. The standard InChI is InChI=1S/C25H28N2O5S/c28-17-3-11-25(30)12-15-27(16-13-25)24(29)21-9-7-19(8-10-21)18-33(31,32)22-6-1-4-20-5-2-14-26-23(20)22/h1-2,4-10,14,28,30H,3,11-13,15-18H2. The minimum Gasteiger partial charge on any atom is -0.396 e. The molecule has 0 aliphatic carbocycles. The van der Waals surface area contributed by atoms with Crippen LogP contribution in [0.25, 0.3) is 10.9 Å². The number of sulfone groups is 1. The Hall–Kier alpha value is -2.81. The zero-order chi connectivity index (χ0) is 23.5. The number of para-hydroxylation sites is 1. The van der Waals surface area contributed by atoms with Crippen molar-refractivity contribution < 1.29 is 23.4 Å². The Labute approximate surface area is 193 Å². The van der Waals surface area contributed by atoms with E-state index < -0.39 is 15.4 Å². The minimum atomic E-state index is -3.62. The first-order chi connectivity index (χ1) is 15.8. The summed E-state index contributed by atoms with van der Waals surface area (Å²) in [6.45, 7) is 0.944. The number of pyridine rings is 1. The fourth-order valence-electron chi connectivity index (χ4n) is 4.33. The average molecular weight is 469 g/mol. The maximum absolute atomic E-state index is 13.1. The van der Waals surface area contributed by atoms with E-state index in [1.807, 2.05) is 12.1 Å². The van der Waals surface area contributed by atoms with Gasteiger partial charge in [0.1, 0.15) is 0 Å². The van der Waals surface area contributed by atoms with Crippen molar-refractivity contribution in [3.8, 4) is 0 Å². The number of rotatable bonds is 7. The maximum atomic E-state index is 13.1. The third kappa shape index (κ3) is 5.24. The van der Waals surface area contributed by atoms with Crippen molar-refractivity contribution >= 4 is 26.6 Å². The van der Waals surface area contributed by atoms with Gasteiger partial charge in [-0.15, -0.1) is 0 Å². The van der Waals surface area contributed by atoms with Crippen LogP contribution in [0, 0.1) is 0 Å². The fraction of sp³-hybridized carbons (Fsp3) is 0.360. The summed E-state index contributed by atoms with van der Waals surface area (Å²) in [5.74, 6) is -0.314. The van der Waals surface area contributed by atoms with E-state index in [9.17, 15) is 18.3 Å². The van der Waals surface area contributed by atoms with Crippen molar-refractivity contribution in [1.29, 1.82) is 0 Å². The lowest BCUT2D eigenvalue weighted by molar-refractivity contribution is -0.0266. The highest BCUT2D eigenvalue weighted by Crippen LogP contribution is 2.28. The number of hydrogen-bond donors (Lipinski definition) is 2. The quantitative estimate of drug-likeness (QED) is 0.552. The zero-order valence-corrected chi connectivity index (χ0v) is 19.2. The number of fused-ring (bicyclic) bond motifs is 1. The van der Waals surface area contributed by atoms with E-state index in [4.69, 9.17) is 5.11 Å². The first kappa shape index (κ1) is 23.4. The molecule has 0 spiro atoms. The molecule has 2 N–H and O–H groups in total. The predicted molar refractivity (Wildman–Crippen MR) is 125 cm³/mol. The molecule has 1 aliphatic heterocycles. The number of aliphatic hydroxyl groups excluding tert-OH is 1. The molecule has 7 nitrogen and oxygen atoms in total. The second-order valence-electron chi connectivity index (χ2n) is 8.63. The Morgan fingerprint density at radius 1 is 1.03 bits per heavy atom. The molecule has 0 saturated carbocycles. The SMILES string of the molecule is O=C(c1ccc(CS(=O)(=O)c2cccc3cccnc23)cc1)N1CCC(O)(CCCO)CC1. The first-order valence-electron chi connectivity index (χ1n) is 11.1. The minimum absolute atomic E-state index is 0.0457. The molecule has 1 fully saturated rings. The summed E-state index contributed by atoms with van der Waals surface area (Å²) in [4.78, 5) is 19.0. The van der Waals surface area contributed by atoms with Gasteiger partial charge in [-0.05, 0) is 55.5 Å². The van der Waals surface area contributed by atoms with Gasteiger partial charge in [-0.2, -0.15) is 0 Å². The lowest BCUT2D eigenvalue weighted by atomic mass is 9.87. The van der Waals surface area contributed by atoms with Crippen LogP contribution in [0.5, 0.6) is 0 Å². The second-order valence-corrected chi connectivity index (χ2v) is 10.6. The first-order valence-corrected chi connectivity index (χ1v) is 12.7. The van der Waals surface area contributed by atoms with Gasteiger partial charge in [-0.25, -0.2) is 8.42 Å². The second kappa shape index (κ2) is 9.59. The molecule has 4 rings (SSSR count). The van der Waals surface area contributed by atoms with Gasteiger partial charge < -0.3 is 15.1 Å². The van der Waals surface area contributed by atoms with Crippen molar-refractivity contribution in [1.82, 2.24) is 9.88 Å². The molecule has 1 aliphatic rings. The van der Waals surface area contributed by atoms with E-state index in [-0.39, 0.29) is 23.2 Å². The fourth-order valence-corrected chi connectivity index (χ4v) is 5.87.